The van der Waals surface area contributed by atoms with E-state index < -0.39 is 11.9 Å². The zero-order valence-electron chi connectivity index (χ0n) is 14.5. The van der Waals surface area contributed by atoms with Crippen LogP contribution < -0.4 is 5.32 Å². The van der Waals surface area contributed by atoms with Crippen molar-refractivity contribution < 1.29 is 18.0 Å². The molecule has 0 spiro atoms. The van der Waals surface area contributed by atoms with E-state index in [0.29, 0.717) is 22.6 Å². The third-order valence-electron chi connectivity index (χ3n) is 4.34. The molecular weight excluding hydrogens is 393 g/mol. The van der Waals surface area contributed by atoms with Crippen molar-refractivity contribution in [1.82, 2.24) is 14.8 Å². The molecule has 1 fully saturated rings. The van der Waals surface area contributed by atoms with Crippen LogP contribution in [0.2, 0.25) is 0 Å². The van der Waals surface area contributed by atoms with E-state index in [0.717, 1.165) is 18.9 Å². The van der Waals surface area contributed by atoms with E-state index in [2.05, 4.69) is 15.4 Å². The van der Waals surface area contributed by atoms with Gasteiger partial charge >= 0.3 is 6.18 Å². The number of aromatic nitrogens is 3. The van der Waals surface area contributed by atoms with E-state index in [9.17, 15) is 18.0 Å². The maximum Gasteiger partial charge on any atom is 0.435 e. The zero-order chi connectivity index (χ0) is 19.0. The average Bonchev–Trinajstić information content (AvgIpc) is 3.40. The number of alkyl halides is 3. The number of benzene rings is 1. The first kappa shape index (κ1) is 19.9. The van der Waals surface area contributed by atoms with Crippen LogP contribution in [0.4, 0.5) is 18.9 Å². The summed E-state index contributed by atoms with van der Waals surface area (Å²) in [6.07, 6.45) is 0.292. The molecule has 0 atom stereocenters. The average molecular weight is 409 g/mol. The van der Waals surface area contributed by atoms with Crippen LogP contribution in [0, 0.1) is 0 Å². The lowest BCUT2D eigenvalue weighted by Gasteiger charge is -2.09. The number of nitrogens with one attached hydrogen (secondary N) is 1. The third-order valence-corrected chi connectivity index (χ3v) is 4.34. The first-order chi connectivity index (χ1) is 12.9. The van der Waals surface area contributed by atoms with Gasteiger partial charge in [0.25, 0.3) is 5.91 Å². The molecule has 3 aromatic rings. The fourth-order valence-corrected chi connectivity index (χ4v) is 2.80. The quantitative estimate of drug-likeness (QED) is 0.672. The van der Waals surface area contributed by atoms with Crippen LogP contribution in [0.15, 0.2) is 54.9 Å². The van der Waals surface area contributed by atoms with E-state index >= 15 is 0 Å². The highest BCUT2D eigenvalue weighted by atomic mass is 35.5. The molecule has 0 aliphatic heterocycles. The Bertz CT molecular complexity index is 967. The molecule has 1 aliphatic rings. The molecule has 1 amide bonds. The zero-order valence-corrected chi connectivity index (χ0v) is 15.3. The molecule has 0 radical (unpaired) electrons. The van der Waals surface area contributed by atoms with Crippen molar-refractivity contribution in [2.75, 3.05) is 5.32 Å². The first-order valence-electron chi connectivity index (χ1n) is 8.41. The summed E-state index contributed by atoms with van der Waals surface area (Å²) in [5, 5.41) is 6.49. The fourth-order valence-electron chi connectivity index (χ4n) is 2.80. The van der Waals surface area contributed by atoms with Crippen molar-refractivity contribution in [2.24, 2.45) is 0 Å². The molecule has 1 N–H and O–H groups in total. The molecule has 28 heavy (non-hydrogen) atoms. The van der Waals surface area contributed by atoms with Crippen LogP contribution in [-0.4, -0.2) is 20.7 Å². The van der Waals surface area contributed by atoms with Crippen molar-refractivity contribution in [3.63, 3.8) is 0 Å². The topological polar surface area (TPSA) is 59.8 Å². The van der Waals surface area contributed by atoms with Gasteiger partial charge in [-0.15, -0.1) is 12.4 Å². The Labute approximate surface area is 165 Å². The number of carbonyl (C=O) groups excluding carboxylic acids is 1. The van der Waals surface area contributed by atoms with Gasteiger partial charge in [0.05, 0.1) is 5.69 Å². The lowest BCUT2D eigenvalue weighted by Crippen LogP contribution is -2.12. The fraction of sp³-hybridized carbons (Fsp3) is 0.211. The van der Waals surface area contributed by atoms with E-state index in [1.807, 2.05) is 0 Å². The van der Waals surface area contributed by atoms with E-state index in [1.54, 1.807) is 36.4 Å². The molecule has 0 bridgehead atoms. The largest absolute Gasteiger partial charge is 0.435 e. The normalized spacial score (nSPS) is 13.7. The molecule has 1 aliphatic carbocycles. The van der Waals surface area contributed by atoms with Gasteiger partial charge in [-0.3, -0.25) is 9.78 Å². The predicted molar refractivity (Wildman–Crippen MR) is 100.0 cm³/mol. The van der Waals surface area contributed by atoms with E-state index in [4.69, 9.17) is 0 Å². The summed E-state index contributed by atoms with van der Waals surface area (Å²) in [4.78, 5) is 16.0. The van der Waals surface area contributed by atoms with Gasteiger partial charge in [-0.25, -0.2) is 4.68 Å². The van der Waals surface area contributed by atoms with E-state index in [1.165, 1.54) is 17.1 Å². The minimum atomic E-state index is -4.48. The predicted octanol–water partition coefficient (Wildman–Crippen LogP) is 4.84. The molecule has 146 valence electrons. The number of hydrogen-bond acceptors (Lipinski definition) is 3. The van der Waals surface area contributed by atoms with Crippen molar-refractivity contribution >= 4 is 24.0 Å². The summed E-state index contributed by atoms with van der Waals surface area (Å²) >= 11 is 0. The van der Waals surface area contributed by atoms with Gasteiger partial charge < -0.3 is 5.32 Å². The number of carbonyl (C=O) groups is 1. The van der Waals surface area contributed by atoms with Crippen LogP contribution in [-0.2, 0) is 6.18 Å². The Morgan fingerprint density at radius 3 is 2.29 bits per heavy atom. The monoisotopic (exact) mass is 408 g/mol. The number of anilines is 1. The van der Waals surface area contributed by atoms with Gasteiger partial charge in [-0.1, -0.05) is 0 Å². The molecule has 0 unspecified atom stereocenters. The highest BCUT2D eigenvalue weighted by molar-refractivity contribution is 6.04. The minimum Gasteiger partial charge on any atom is -0.322 e. The third kappa shape index (κ3) is 4.17. The van der Waals surface area contributed by atoms with Crippen molar-refractivity contribution in [3.8, 4) is 5.69 Å². The van der Waals surface area contributed by atoms with Gasteiger partial charge in [0.1, 0.15) is 0 Å². The van der Waals surface area contributed by atoms with Crippen LogP contribution in [0.3, 0.4) is 0 Å². The standard InChI is InChI=1S/C19H15F3N4O.ClH/c20-19(21,22)17-11-16(12-1-2-12)26(25-17)15-5-3-14(4-6-15)24-18(27)13-7-9-23-10-8-13;/h3-12H,1-2H2,(H,24,27);1H. The summed E-state index contributed by atoms with van der Waals surface area (Å²) in [5.41, 5.74) is 1.20. The van der Waals surface area contributed by atoms with Crippen molar-refractivity contribution in [1.29, 1.82) is 0 Å². The van der Waals surface area contributed by atoms with Crippen LogP contribution in [0.5, 0.6) is 0 Å². The van der Waals surface area contributed by atoms with Gasteiger partial charge in [0.2, 0.25) is 0 Å². The van der Waals surface area contributed by atoms with Gasteiger partial charge in [-0.2, -0.15) is 18.3 Å². The second kappa shape index (κ2) is 7.63. The smallest absolute Gasteiger partial charge is 0.322 e. The summed E-state index contributed by atoms with van der Waals surface area (Å²) in [6, 6.07) is 10.9. The molecule has 5 nitrogen and oxygen atoms in total. The molecule has 2 heterocycles. The highest BCUT2D eigenvalue weighted by Crippen LogP contribution is 2.43. The first-order valence-corrected chi connectivity index (χ1v) is 8.41. The molecule has 2 aromatic heterocycles. The molecule has 9 heteroatoms. The van der Waals surface area contributed by atoms with Gasteiger partial charge in [0.15, 0.2) is 5.69 Å². The maximum atomic E-state index is 13.0. The SMILES string of the molecule is Cl.O=C(Nc1ccc(-n2nc(C(F)(F)F)cc2C2CC2)cc1)c1ccncc1. The van der Waals surface area contributed by atoms with Crippen molar-refractivity contribution in [3.05, 3.63) is 71.8 Å². The Balaban J connectivity index is 0.00000225. The minimum absolute atomic E-state index is 0. The number of hydrogen-bond donors (Lipinski definition) is 1. The lowest BCUT2D eigenvalue weighted by molar-refractivity contribution is -0.141. The molecule has 0 saturated heterocycles. The molecular formula is C19H16ClF3N4O. The van der Waals surface area contributed by atoms with E-state index in [-0.39, 0.29) is 24.2 Å². The van der Waals surface area contributed by atoms with Crippen LogP contribution >= 0.6 is 12.4 Å². The van der Waals surface area contributed by atoms with Crippen LogP contribution in [0.25, 0.3) is 5.69 Å². The Morgan fingerprint density at radius 1 is 1.07 bits per heavy atom. The second-order valence-electron chi connectivity index (χ2n) is 6.38. The summed E-state index contributed by atoms with van der Waals surface area (Å²) < 4.78 is 40.4. The highest BCUT2D eigenvalue weighted by Gasteiger charge is 2.38. The number of pyridine rings is 1. The molecule has 4 rings (SSSR count). The lowest BCUT2D eigenvalue weighted by atomic mass is 10.2. The number of halogens is 4. The Kier molecular flexibility index (Phi) is 5.42. The van der Waals surface area contributed by atoms with Gasteiger partial charge in [-0.05, 0) is 55.3 Å². The molecule has 1 aromatic carbocycles. The number of rotatable bonds is 4. The summed E-state index contributed by atoms with van der Waals surface area (Å²) in [5.74, 6) is -0.179. The molecule has 1 saturated carbocycles. The van der Waals surface area contributed by atoms with Crippen LogP contribution in [0.1, 0.15) is 40.5 Å². The second-order valence-corrected chi connectivity index (χ2v) is 6.38. The maximum absolute atomic E-state index is 13.0. The van der Waals surface area contributed by atoms with Crippen molar-refractivity contribution in [2.45, 2.75) is 24.9 Å². The number of nitrogens with zero attached hydrogens (tertiary/aromatic N) is 3. The Hall–Kier alpha value is -2.87. The summed E-state index contributed by atoms with van der Waals surface area (Å²) in [6.45, 7) is 0. The number of amides is 1. The summed E-state index contributed by atoms with van der Waals surface area (Å²) in [7, 11) is 0. The Morgan fingerprint density at radius 2 is 1.71 bits per heavy atom. The van der Waals surface area contributed by atoms with Gasteiger partial charge in [0, 0.05) is 35.3 Å².